The molecule has 2 N–H and O–H groups in total. The van der Waals surface area contributed by atoms with Gasteiger partial charge in [0, 0.05) is 24.6 Å². The highest BCUT2D eigenvalue weighted by molar-refractivity contribution is 6.39. The molecule has 1 heterocycles. The van der Waals surface area contributed by atoms with E-state index in [4.69, 9.17) is 4.74 Å². The second-order valence-electron chi connectivity index (χ2n) is 4.46. The average molecular weight is 299 g/mol. The van der Waals surface area contributed by atoms with Crippen molar-refractivity contribution in [3.8, 4) is 5.75 Å². The zero-order chi connectivity index (χ0) is 15.8. The number of hydrogen-bond donors (Lipinski definition) is 2. The molecule has 0 aliphatic carbocycles. The van der Waals surface area contributed by atoms with Gasteiger partial charge in [-0.2, -0.15) is 0 Å². The zero-order valence-electron chi connectivity index (χ0n) is 12.2. The van der Waals surface area contributed by atoms with E-state index in [2.05, 4.69) is 15.6 Å². The number of anilines is 1. The molecule has 0 saturated heterocycles. The molecule has 1 aromatic carbocycles. The van der Waals surface area contributed by atoms with Crippen LogP contribution in [0.1, 0.15) is 12.5 Å². The third kappa shape index (κ3) is 4.59. The Hall–Kier alpha value is -2.89. The molecule has 0 atom stereocenters. The van der Waals surface area contributed by atoms with Gasteiger partial charge in [0.15, 0.2) is 0 Å². The van der Waals surface area contributed by atoms with Crippen LogP contribution in [0.5, 0.6) is 5.75 Å². The van der Waals surface area contributed by atoms with Gasteiger partial charge in [0.05, 0.1) is 6.61 Å². The van der Waals surface area contributed by atoms with E-state index in [1.165, 1.54) is 0 Å². The standard InChI is InChI=1S/C16H17N3O3/c1-2-22-14-7-5-13(6-8-14)19-16(21)15(20)18-11-12-4-3-9-17-10-12/h3-10H,2,11H2,1H3,(H,18,20)(H,19,21). The largest absolute Gasteiger partial charge is 0.494 e. The van der Waals surface area contributed by atoms with Crippen molar-refractivity contribution in [3.05, 3.63) is 54.4 Å². The van der Waals surface area contributed by atoms with E-state index in [1.54, 1.807) is 42.7 Å². The predicted molar refractivity (Wildman–Crippen MR) is 82.3 cm³/mol. The lowest BCUT2D eigenvalue weighted by Gasteiger charge is -2.07. The Morgan fingerprint density at radius 1 is 1.14 bits per heavy atom. The molecule has 2 amide bonds. The van der Waals surface area contributed by atoms with Gasteiger partial charge in [-0.05, 0) is 42.8 Å². The summed E-state index contributed by atoms with van der Waals surface area (Å²) in [5.74, 6) is -0.702. The van der Waals surface area contributed by atoms with E-state index < -0.39 is 11.8 Å². The number of carbonyl (C=O) groups is 2. The van der Waals surface area contributed by atoms with Gasteiger partial charge in [-0.25, -0.2) is 0 Å². The molecule has 0 bridgehead atoms. The van der Waals surface area contributed by atoms with Crippen LogP contribution in [0.2, 0.25) is 0 Å². The van der Waals surface area contributed by atoms with E-state index in [1.807, 2.05) is 13.0 Å². The van der Waals surface area contributed by atoms with Gasteiger partial charge in [-0.1, -0.05) is 6.07 Å². The van der Waals surface area contributed by atoms with E-state index in [9.17, 15) is 9.59 Å². The second-order valence-corrected chi connectivity index (χ2v) is 4.46. The van der Waals surface area contributed by atoms with Gasteiger partial charge in [0.25, 0.3) is 0 Å². The Morgan fingerprint density at radius 3 is 2.55 bits per heavy atom. The average Bonchev–Trinajstić information content (AvgIpc) is 2.55. The van der Waals surface area contributed by atoms with Crippen LogP contribution >= 0.6 is 0 Å². The summed E-state index contributed by atoms with van der Waals surface area (Å²) in [5, 5.41) is 5.06. The highest BCUT2D eigenvalue weighted by Gasteiger charge is 2.13. The van der Waals surface area contributed by atoms with Gasteiger partial charge in [-0.15, -0.1) is 0 Å². The first-order valence-electron chi connectivity index (χ1n) is 6.90. The Morgan fingerprint density at radius 2 is 1.91 bits per heavy atom. The highest BCUT2D eigenvalue weighted by Crippen LogP contribution is 2.15. The summed E-state index contributed by atoms with van der Waals surface area (Å²) in [6, 6.07) is 10.4. The molecule has 0 saturated carbocycles. The molecule has 2 rings (SSSR count). The van der Waals surface area contributed by atoms with Gasteiger partial charge < -0.3 is 15.4 Å². The number of hydrogen-bond acceptors (Lipinski definition) is 4. The lowest BCUT2D eigenvalue weighted by Crippen LogP contribution is -2.34. The van der Waals surface area contributed by atoms with Gasteiger partial charge in [0.2, 0.25) is 0 Å². The van der Waals surface area contributed by atoms with Crippen LogP contribution < -0.4 is 15.4 Å². The van der Waals surface area contributed by atoms with Crippen molar-refractivity contribution in [2.75, 3.05) is 11.9 Å². The number of aromatic nitrogens is 1. The summed E-state index contributed by atoms with van der Waals surface area (Å²) in [6.45, 7) is 2.72. The van der Waals surface area contributed by atoms with Crippen molar-refractivity contribution < 1.29 is 14.3 Å². The topological polar surface area (TPSA) is 80.3 Å². The lowest BCUT2D eigenvalue weighted by atomic mass is 10.3. The van der Waals surface area contributed by atoms with E-state index in [-0.39, 0.29) is 6.54 Å². The van der Waals surface area contributed by atoms with Crippen LogP contribution in [-0.2, 0) is 16.1 Å². The normalized spacial score (nSPS) is 9.86. The molecule has 0 fully saturated rings. The van der Waals surface area contributed by atoms with Gasteiger partial charge in [-0.3, -0.25) is 14.6 Å². The zero-order valence-corrected chi connectivity index (χ0v) is 12.2. The van der Waals surface area contributed by atoms with Crippen LogP contribution in [0.15, 0.2) is 48.8 Å². The van der Waals surface area contributed by atoms with Gasteiger partial charge in [0.1, 0.15) is 5.75 Å². The van der Waals surface area contributed by atoms with E-state index >= 15 is 0 Å². The molecule has 0 spiro atoms. The summed E-state index contributed by atoms with van der Waals surface area (Å²) in [5.41, 5.74) is 1.36. The van der Waals surface area contributed by atoms with Crippen molar-refractivity contribution in [1.29, 1.82) is 0 Å². The quantitative estimate of drug-likeness (QED) is 0.824. The summed E-state index contributed by atoms with van der Waals surface area (Å²) in [7, 11) is 0. The maximum absolute atomic E-state index is 11.8. The molecule has 6 nitrogen and oxygen atoms in total. The molecule has 0 aliphatic heterocycles. The maximum atomic E-state index is 11.8. The van der Waals surface area contributed by atoms with E-state index in [0.717, 1.165) is 5.56 Å². The first-order valence-corrected chi connectivity index (χ1v) is 6.90. The first kappa shape index (κ1) is 15.5. The molecule has 0 unspecified atom stereocenters. The van der Waals surface area contributed by atoms with Crippen LogP contribution in [0, 0.1) is 0 Å². The number of benzene rings is 1. The fourth-order valence-corrected chi connectivity index (χ4v) is 1.75. The predicted octanol–water partition coefficient (Wildman–Crippen LogP) is 1.74. The number of nitrogens with zero attached hydrogens (tertiary/aromatic N) is 1. The first-order chi connectivity index (χ1) is 10.7. The third-order valence-electron chi connectivity index (χ3n) is 2.81. The molecule has 0 aliphatic rings. The van der Waals surface area contributed by atoms with Crippen molar-refractivity contribution in [1.82, 2.24) is 10.3 Å². The van der Waals surface area contributed by atoms with E-state index in [0.29, 0.717) is 18.0 Å². The molecular weight excluding hydrogens is 282 g/mol. The minimum atomic E-state index is -0.715. The van der Waals surface area contributed by atoms with Crippen LogP contribution in [-0.4, -0.2) is 23.4 Å². The smallest absolute Gasteiger partial charge is 0.313 e. The van der Waals surface area contributed by atoms with Crippen LogP contribution in [0.4, 0.5) is 5.69 Å². The molecule has 22 heavy (non-hydrogen) atoms. The monoisotopic (exact) mass is 299 g/mol. The van der Waals surface area contributed by atoms with Crippen molar-refractivity contribution in [3.63, 3.8) is 0 Å². The molecule has 6 heteroatoms. The third-order valence-corrected chi connectivity index (χ3v) is 2.81. The summed E-state index contributed by atoms with van der Waals surface area (Å²) in [4.78, 5) is 27.4. The molecular formula is C16H17N3O3. The fourth-order valence-electron chi connectivity index (χ4n) is 1.75. The van der Waals surface area contributed by atoms with Crippen LogP contribution in [0.3, 0.4) is 0 Å². The van der Waals surface area contributed by atoms with Crippen molar-refractivity contribution in [2.24, 2.45) is 0 Å². The number of amides is 2. The fraction of sp³-hybridized carbons (Fsp3) is 0.188. The lowest BCUT2D eigenvalue weighted by molar-refractivity contribution is -0.136. The van der Waals surface area contributed by atoms with Crippen molar-refractivity contribution >= 4 is 17.5 Å². The molecule has 1 aromatic heterocycles. The molecule has 114 valence electrons. The number of pyridine rings is 1. The molecule has 2 aromatic rings. The number of rotatable bonds is 5. The maximum Gasteiger partial charge on any atom is 0.313 e. The number of nitrogens with one attached hydrogen (secondary N) is 2. The summed E-state index contributed by atoms with van der Waals surface area (Å²) < 4.78 is 5.30. The van der Waals surface area contributed by atoms with Crippen molar-refractivity contribution in [2.45, 2.75) is 13.5 Å². The number of carbonyl (C=O) groups excluding carboxylic acids is 2. The Balaban J connectivity index is 1.84. The van der Waals surface area contributed by atoms with Crippen LogP contribution in [0.25, 0.3) is 0 Å². The Bertz CT molecular complexity index is 627. The highest BCUT2D eigenvalue weighted by atomic mass is 16.5. The summed E-state index contributed by atoms with van der Waals surface area (Å²) >= 11 is 0. The second kappa shape index (κ2) is 7.78. The minimum Gasteiger partial charge on any atom is -0.494 e. The number of ether oxygens (including phenoxy) is 1. The minimum absolute atomic E-state index is 0.253. The molecule has 0 radical (unpaired) electrons. The SMILES string of the molecule is CCOc1ccc(NC(=O)C(=O)NCc2cccnc2)cc1. The summed E-state index contributed by atoms with van der Waals surface area (Å²) in [6.07, 6.45) is 3.27. The van der Waals surface area contributed by atoms with Gasteiger partial charge >= 0.3 is 11.8 Å². The Labute approximate surface area is 128 Å². The Kier molecular flexibility index (Phi) is 5.48.